The maximum atomic E-state index is 8.78. The molecular weight excluding hydrogens is 106 g/mol. The van der Waals surface area contributed by atoms with Gasteiger partial charge in [-0.25, -0.2) is 0 Å². The van der Waals surface area contributed by atoms with Crippen molar-refractivity contribution in [1.82, 2.24) is 0 Å². The zero-order valence-electron chi connectivity index (χ0n) is 5.47. The summed E-state index contributed by atoms with van der Waals surface area (Å²) in [5, 5.41) is 17.6. The van der Waals surface area contributed by atoms with Gasteiger partial charge in [-0.15, -0.1) is 0 Å². The lowest BCUT2D eigenvalue weighted by molar-refractivity contribution is -0.185. The van der Waals surface area contributed by atoms with Crippen LogP contribution >= 0.6 is 0 Å². The second-order valence-corrected chi connectivity index (χ2v) is 2.74. The first-order valence-electron chi connectivity index (χ1n) is 2.49. The van der Waals surface area contributed by atoms with Crippen molar-refractivity contribution in [3.63, 3.8) is 0 Å². The minimum absolute atomic E-state index is 0.951. The number of aliphatic hydroxyl groups is 2. The largest absolute Gasteiger partial charge is 0.364 e. The molecular formula is C5H13NO2. The highest BCUT2D eigenvalue weighted by Gasteiger charge is 2.32. The molecule has 0 aliphatic rings. The average Bonchev–Trinajstić information content (AvgIpc) is 1.25. The lowest BCUT2D eigenvalue weighted by Crippen LogP contribution is -2.54. The van der Waals surface area contributed by atoms with Gasteiger partial charge in [0.15, 0.2) is 5.79 Å². The van der Waals surface area contributed by atoms with Crippen molar-refractivity contribution in [3.05, 3.63) is 0 Å². The van der Waals surface area contributed by atoms with E-state index in [1.807, 2.05) is 0 Å². The Labute approximate surface area is 49.1 Å². The standard InChI is InChI=1S/C5H13NO2/c1-4(2,6)5(3,7)8/h7-8H,6H2,1-3H3. The number of rotatable bonds is 1. The van der Waals surface area contributed by atoms with E-state index in [0.29, 0.717) is 0 Å². The van der Waals surface area contributed by atoms with Gasteiger partial charge in [-0.3, -0.25) is 0 Å². The van der Waals surface area contributed by atoms with Crippen molar-refractivity contribution in [3.8, 4) is 0 Å². The Morgan fingerprint density at radius 1 is 1.12 bits per heavy atom. The van der Waals surface area contributed by atoms with Gasteiger partial charge in [0.1, 0.15) is 0 Å². The van der Waals surface area contributed by atoms with Gasteiger partial charge >= 0.3 is 0 Å². The van der Waals surface area contributed by atoms with Crippen LogP contribution in [0.3, 0.4) is 0 Å². The van der Waals surface area contributed by atoms with E-state index in [9.17, 15) is 0 Å². The van der Waals surface area contributed by atoms with E-state index in [4.69, 9.17) is 15.9 Å². The zero-order valence-corrected chi connectivity index (χ0v) is 5.47. The predicted octanol–water partition coefficient (Wildman–Crippen LogP) is -0.575. The summed E-state index contributed by atoms with van der Waals surface area (Å²) < 4.78 is 0. The van der Waals surface area contributed by atoms with Gasteiger partial charge in [0.25, 0.3) is 0 Å². The summed E-state index contributed by atoms with van der Waals surface area (Å²) in [6.07, 6.45) is 0. The molecule has 0 heterocycles. The zero-order chi connectivity index (χ0) is 7.00. The molecule has 0 unspecified atom stereocenters. The first-order valence-corrected chi connectivity index (χ1v) is 2.49. The molecule has 0 saturated carbocycles. The summed E-state index contributed by atoms with van der Waals surface area (Å²) in [5.41, 5.74) is 4.36. The molecule has 4 N–H and O–H groups in total. The molecule has 0 bridgehead atoms. The molecule has 0 aromatic carbocycles. The fraction of sp³-hybridized carbons (Fsp3) is 1.00. The van der Waals surface area contributed by atoms with Gasteiger partial charge in [-0.2, -0.15) is 0 Å². The van der Waals surface area contributed by atoms with Gasteiger partial charge in [-0.1, -0.05) is 0 Å². The van der Waals surface area contributed by atoms with E-state index in [1.54, 1.807) is 13.8 Å². The molecule has 8 heavy (non-hydrogen) atoms. The minimum atomic E-state index is -1.78. The second kappa shape index (κ2) is 1.69. The van der Waals surface area contributed by atoms with Crippen LogP contribution < -0.4 is 5.73 Å². The van der Waals surface area contributed by atoms with Gasteiger partial charge in [0, 0.05) is 0 Å². The lowest BCUT2D eigenvalue weighted by atomic mass is 9.97. The monoisotopic (exact) mass is 119 g/mol. The van der Waals surface area contributed by atoms with Crippen LogP contribution in [-0.4, -0.2) is 21.5 Å². The summed E-state index contributed by atoms with van der Waals surface area (Å²) in [7, 11) is 0. The Morgan fingerprint density at radius 2 is 1.25 bits per heavy atom. The topological polar surface area (TPSA) is 66.5 Å². The maximum Gasteiger partial charge on any atom is 0.177 e. The number of hydrogen-bond donors (Lipinski definition) is 3. The average molecular weight is 119 g/mol. The van der Waals surface area contributed by atoms with E-state index in [0.717, 1.165) is 0 Å². The Kier molecular flexibility index (Phi) is 1.66. The van der Waals surface area contributed by atoms with E-state index < -0.39 is 11.3 Å². The van der Waals surface area contributed by atoms with Crippen LogP contribution in [0, 0.1) is 0 Å². The summed E-state index contributed by atoms with van der Waals surface area (Å²) in [6, 6.07) is 0. The quantitative estimate of drug-likeness (QED) is 0.405. The van der Waals surface area contributed by atoms with Crippen LogP contribution in [-0.2, 0) is 0 Å². The third-order valence-electron chi connectivity index (χ3n) is 1.22. The molecule has 0 rings (SSSR count). The normalized spacial score (nSPS) is 14.2. The van der Waals surface area contributed by atoms with E-state index in [-0.39, 0.29) is 0 Å². The molecule has 0 aromatic rings. The van der Waals surface area contributed by atoms with Crippen molar-refractivity contribution in [2.24, 2.45) is 5.73 Å². The van der Waals surface area contributed by atoms with Crippen molar-refractivity contribution in [2.75, 3.05) is 0 Å². The first kappa shape index (κ1) is 7.88. The summed E-state index contributed by atoms with van der Waals surface area (Å²) in [4.78, 5) is 0. The second-order valence-electron chi connectivity index (χ2n) is 2.74. The predicted molar refractivity (Wildman–Crippen MR) is 31.1 cm³/mol. The Morgan fingerprint density at radius 3 is 1.25 bits per heavy atom. The Balaban J connectivity index is 4.02. The van der Waals surface area contributed by atoms with Crippen LogP contribution in [0.1, 0.15) is 20.8 Å². The van der Waals surface area contributed by atoms with Crippen LogP contribution in [0.15, 0.2) is 0 Å². The Hall–Kier alpha value is -0.120. The highest BCUT2D eigenvalue weighted by Crippen LogP contribution is 2.13. The van der Waals surface area contributed by atoms with E-state index in [2.05, 4.69) is 0 Å². The molecule has 0 spiro atoms. The molecule has 50 valence electrons. The third-order valence-corrected chi connectivity index (χ3v) is 1.22. The van der Waals surface area contributed by atoms with Crippen molar-refractivity contribution >= 4 is 0 Å². The van der Waals surface area contributed by atoms with E-state index >= 15 is 0 Å². The van der Waals surface area contributed by atoms with E-state index in [1.165, 1.54) is 6.92 Å². The molecule has 0 aromatic heterocycles. The molecule has 0 fully saturated rings. The lowest BCUT2D eigenvalue weighted by Gasteiger charge is -2.30. The summed E-state index contributed by atoms with van der Waals surface area (Å²) >= 11 is 0. The molecule has 0 aliphatic heterocycles. The molecule has 0 amide bonds. The highest BCUT2D eigenvalue weighted by atomic mass is 16.5. The van der Waals surface area contributed by atoms with Crippen molar-refractivity contribution in [2.45, 2.75) is 32.1 Å². The number of nitrogens with two attached hydrogens (primary N) is 1. The van der Waals surface area contributed by atoms with Crippen LogP contribution in [0.25, 0.3) is 0 Å². The smallest absolute Gasteiger partial charge is 0.177 e. The summed E-state index contributed by atoms with van der Waals surface area (Å²) in [5.74, 6) is -1.78. The fourth-order valence-corrected chi connectivity index (χ4v) is 0. The van der Waals surface area contributed by atoms with Crippen LogP contribution in [0.5, 0.6) is 0 Å². The molecule has 0 saturated heterocycles. The molecule has 3 nitrogen and oxygen atoms in total. The van der Waals surface area contributed by atoms with Gasteiger partial charge in [-0.05, 0) is 20.8 Å². The fourth-order valence-electron chi connectivity index (χ4n) is 0. The Bertz CT molecular complexity index is 65.4. The number of hydrogen-bond acceptors (Lipinski definition) is 3. The summed E-state index contributed by atoms with van der Waals surface area (Å²) in [6.45, 7) is 4.35. The molecule has 3 heteroatoms. The van der Waals surface area contributed by atoms with Crippen molar-refractivity contribution < 1.29 is 10.2 Å². The van der Waals surface area contributed by atoms with Crippen molar-refractivity contribution in [1.29, 1.82) is 0 Å². The molecule has 0 atom stereocenters. The first-order chi connectivity index (χ1) is 3.25. The molecule has 0 aliphatic carbocycles. The van der Waals surface area contributed by atoms with Gasteiger partial charge < -0.3 is 15.9 Å². The SMILES string of the molecule is CC(C)(N)C(C)(O)O. The third kappa shape index (κ3) is 1.78. The molecule has 0 radical (unpaired) electrons. The minimum Gasteiger partial charge on any atom is -0.364 e. The maximum absolute atomic E-state index is 8.78. The highest BCUT2D eigenvalue weighted by molar-refractivity contribution is 4.83. The van der Waals surface area contributed by atoms with Crippen LogP contribution in [0.4, 0.5) is 0 Å². The van der Waals surface area contributed by atoms with Crippen LogP contribution in [0.2, 0.25) is 0 Å². The van der Waals surface area contributed by atoms with Gasteiger partial charge in [0.05, 0.1) is 5.54 Å². The van der Waals surface area contributed by atoms with Gasteiger partial charge in [0.2, 0.25) is 0 Å².